The van der Waals surface area contributed by atoms with E-state index in [4.69, 9.17) is 5.26 Å². The highest BCUT2D eigenvalue weighted by molar-refractivity contribution is 5.46. The van der Waals surface area contributed by atoms with E-state index in [-0.39, 0.29) is 0 Å². The smallest absolute Gasteiger partial charge is 0.0991 e. The van der Waals surface area contributed by atoms with E-state index in [1.165, 1.54) is 103 Å². The number of benzene rings is 1. The van der Waals surface area contributed by atoms with E-state index >= 15 is 0 Å². The molecule has 0 fully saturated rings. The van der Waals surface area contributed by atoms with Crippen molar-refractivity contribution in [2.75, 3.05) is 11.9 Å². The third-order valence-electron chi connectivity index (χ3n) is 5.37. The second kappa shape index (κ2) is 17.9. The van der Waals surface area contributed by atoms with Gasteiger partial charge in [-0.1, -0.05) is 103 Å². The molecule has 0 saturated carbocycles. The summed E-state index contributed by atoms with van der Waals surface area (Å²) in [5.74, 6) is 0. The van der Waals surface area contributed by atoms with Gasteiger partial charge in [0.2, 0.25) is 0 Å². The molecule has 27 heavy (non-hydrogen) atoms. The number of nitriles is 1. The molecule has 0 aliphatic rings. The molecule has 2 nitrogen and oxygen atoms in total. The first-order valence-corrected chi connectivity index (χ1v) is 11.6. The van der Waals surface area contributed by atoms with Crippen LogP contribution in [0.25, 0.3) is 0 Å². The molecule has 1 aromatic carbocycles. The largest absolute Gasteiger partial charge is 0.385 e. The maximum atomic E-state index is 8.79. The molecule has 0 bridgehead atoms. The summed E-state index contributed by atoms with van der Waals surface area (Å²) in [6, 6.07) is 9.88. The van der Waals surface area contributed by atoms with Crippen molar-refractivity contribution < 1.29 is 0 Å². The molecule has 0 unspecified atom stereocenters. The molecule has 0 spiro atoms. The lowest BCUT2D eigenvalue weighted by Crippen LogP contribution is -2.01. The maximum Gasteiger partial charge on any atom is 0.0991 e. The molecule has 0 aromatic heterocycles. The first-order chi connectivity index (χ1) is 13.4. The third kappa shape index (κ3) is 14.3. The van der Waals surface area contributed by atoms with Gasteiger partial charge in [-0.15, -0.1) is 0 Å². The molecule has 1 rings (SSSR count). The van der Waals surface area contributed by atoms with Crippen molar-refractivity contribution in [3.8, 4) is 6.07 Å². The molecular formula is C25H42N2. The number of rotatable bonds is 18. The Morgan fingerprint density at radius 3 is 1.44 bits per heavy atom. The first-order valence-electron chi connectivity index (χ1n) is 11.6. The number of nitrogens with zero attached hydrogens (tertiary/aromatic N) is 1. The summed E-state index contributed by atoms with van der Waals surface area (Å²) in [7, 11) is 0. The van der Waals surface area contributed by atoms with Crippen LogP contribution in [0.4, 0.5) is 5.69 Å². The number of hydrogen-bond acceptors (Lipinski definition) is 2. The summed E-state index contributed by atoms with van der Waals surface area (Å²) in [4.78, 5) is 0. The van der Waals surface area contributed by atoms with E-state index in [1.54, 1.807) is 0 Å². The summed E-state index contributed by atoms with van der Waals surface area (Å²) >= 11 is 0. The molecule has 1 N–H and O–H groups in total. The Kier molecular flexibility index (Phi) is 15.6. The Hall–Kier alpha value is -1.49. The van der Waals surface area contributed by atoms with E-state index < -0.39 is 0 Å². The molecule has 0 aliphatic carbocycles. The number of nitrogens with one attached hydrogen (secondary N) is 1. The molecule has 0 amide bonds. The minimum atomic E-state index is 0.725. The van der Waals surface area contributed by atoms with Gasteiger partial charge in [0.1, 0.15) is 0 Å². The lowest BCUT2D eigenvalue weighted by molar-refractivity contribution is 0.530. The highest BCUT2D eigenvalue weighted by Crippen LogP contribution is 2.14. The molecule has 152 valence electrons. The van der Waals surface area contributed by atoms with Crippen molar-refractivity contribution in [2.45, 2.75) is 110 Å². The monoisotopic (exact) mass is 370 g/mol. The van der Waals surface area contributed by atoms with Gasteiger partial charge in [0.15, 0.2) is 0 Å². The van der Waals surface area contributed by atoms with Crippen LogP contribution in [-0.2, 0) is 0 Å². The SMILES string of the molecule is CCCCCCCCCCCCCCCCCCNc1ccc(C#N)cc1. The first kappa shape index (κ1) is 23.5. The molecule has 1 aromatic rings. The van der Waals surface area contributed by atoms with Crippen LogP contribution < -0.4 is 5.32 Å². The average Bonchev–Trinajstić information content (AvgIpc) is 2.70. The van der Waals surface area contributed by atoms with E-state index in [0.717, 1.165) is 17.8 Å². The highest BCUT2D eigenvalue weighted by atomic mass is 14.9. The Bertz CT molecular complexity index is 472. The topological polar surface area (TPSA) is 35.8 Å². The maximum absolute atomic E-state index is 8.79. The molecule has 0 radical (unpaired) electrons. The number of unbranched alkanes of at least 4 members (excludes halogenated alkanes) is 15. The molecule has 0 saturated heterocycles. The third-order valence-corrected chi connectivity index (χ3v) is 5.37. The summed E-state index contributed by atoms with van der Waals surface area (Å²) in [5, 5.41) is 12.2. The van der Waals surface area contributed by atoms with Gasteiger partial charge in [0.05, 0.1) is 11.6 Å². The van der Waals surface area contributed by atoms with Gasteiger partial charge in [0.25, 0.3) is 0 Å². The second-order valence-electron chi connectivity index (χ2n) is 7.92. The van der Waals surface area contributed by atoms with E-state index in [2.05, 4.69) is 18.3 Å². The summed E-state index contributed by atoms with van der Waals surface area (Å²) < 4.78 is 0. The fourth-order valence-corrected chi connectivity index (χ4v) is 3.57. The predicted octanol–water partition coefficient (Wildman–Crippen LogP) is 8.23. The standard InChI is InChI=1S/C25H42N2/c1-2-3-4-5-6-7-8-9-10-11-12-13-14-15-16-17-22-27-25-20-18-24(23-26)19-21-25/h18-21,27H,2-17,22H2,1H3. The van der Waals surface area contributed by atoms with Crippen LogP contribution in [-0.4, -0.2) is 6.54 Å². The van der Waals surface area contributed by atoms with Gasteiger partial charge in [-0.05, 0) is 30.7 Å². The van der Waals surface area contributed by atoms with Crippen LogP contribution in [0, 0.1) is 11.3 Å². The molecule has 0 atom stereocenters. The van der Waals surface area contributed by atoms with E-state index in [1.807, 2.05) is 24.3 Å². The summed E-state index contributed by atoms with van der Waals surface area (Å²) in [5.41, 5.74) is 1.85. The van der Waals surface area contributed by atoms with Gasteiger partial charge < -0.3 is 5.32 Å². The Labute approximate surface area is 168 Å². The minimum absolute atomic E-state index is 0.725. The predicted molar refractivity (Wildman–Crippen MR) is 119 cm³/mol. The van der Waals surface area contributed by atoms with Crippen molar-refractivity contribution in [1.82, 2.24) is 0 Å². The Morgan fingerprint density at radius 1 is 0.630 bits per heavy atom. The zero-order valence-electron chi connectivity index (χ0n) is 17.8. The van der Waals surface area contributed by atoms with Crippen molar-refractivity contribution >= 4 is 5.69 Å². The number of anilines is 1. The molecular weight excluding hydrogens is 328 g/mol. The van der Waals surface area contributed by atoms with Crippen LogP contribution in [0.3, 0.4) is 0 Å². The van der Waals surface area contributed by atoms with Crippen LogP contribution in [0.2, 0.25) is 0 Å². The lowest BCUT2D eigenvalue weighted by Gasteiger charge is -2.06. The lowest BCUT2D eigenvalue weighted by atomic mass is 10.0. The van der Waals surface area contributed by atoms with E-state index in [0.29, 0.717) is 0 Å². The van der Waals surface area contributed by atoms with Crippen LogP contribution in [0.1, 0.15) is 115 Å². The number of hydrogen-bond donors (Lipinski definition) is 1. The van der Waals surface area contributed by atoms with Gasteiger partial charge in [-0.25, -0.2) is 0 Å². The summed E-state index contributed by atoms with van der Waals surface area (Å²) in [6.45, 7) is 3.32. The molecule has 0 heterocycles. The second-order valence-corrected chi connectivity index (χ2v) is 7.92. The zero-order valence-corrected chi connectivity index (χ0v) is 17.8. The fraction of sp³-hybridized carbons (Fsp3) is 0.720. The van der Waals surface area contributed by atoms with E-state index in [9.17, 15) is 0 Å². The van der Waals surface area contributed by atoms with Crippen LogP contribution >= 0.6 is 0 Å². The zero-order chi connectivity index (χ0) is 19.4. The van der Waals surface area contributed by atoms with Gasteiger partial charge >= 0.3 is 0 Å². The van der Waals surface area contributed by atoms with Gasteiger partial charge in [-0.2, -0.15) is 5.26 Å². The Balaban J connectivity index is 1.76. The van der Waals surface area contributed by atoms with Crippen molar-refractivity contribution in [3.63, 3.8) is 0 Å². The van der Waals surface area contributed by atoms with Crippen LogP contribution in [0.15, 0.2) is 24.3 Å². The van der Waals surface area contributed by atoms with Crippen LogP contribution in [0.5, 0.6) is 0 Å². The molecule has 2 heteroatoms. The normalized spacial score (nSPS) is 10.7. The van der Waals surface area contributed by atoms with Gasteiger partial charge in [-0.3, -0.25) is 0 Å². The van der Waals surface area contributed by atoms with Crippen molar-refractivity contribution in [2.24, 2.45) is 0 Å². The quantitative estimate of drug-likeness (QED) is 0.264. The minimum Gasteiger partial charge on any atom is -0.385 e. The fourth-order valence-electron chi connectivity index (χ4n) is 3.57. The van der Waals surface area contributed by atoms with Crippen molar-refractivity contribution in [1.29, 1.82) is 5.26 Å². The highest BCUT2D eigenvalue weighted by Gasteiger charge is 1.96. The molecule has 0 aliphatic heterocycles. The summed E-state index contributed by atoms with van der Waals surface area (Å²) in [6.07, 6.45) is 22.6. The average molecular weight is 371 g/mol. The van der Waals surface area contributed by atoms with Gasteiger partial charge in [0, 0.05) is 12.2 Å². The Morgan fingerprint density at radius 2 is 1.04 bits per heavy atom. The van der Waals surface area contributed by atoms with Crippen molar-refractivity contribution in [3.05, 3.63) is 29.8 Å².